The van der Waals surface area contributed by atoms with Crippen LogP contribution in [-0.2, 0) is 4.79 Å². The zero-order chi connectivity index (χ0) is 14.0. The van der Waals surface area contributed by atoms with Gasteiger partial charge >= 0.3 is 0 Å². The van der Waals surface area contributed by atoms with E-state index in [4.69, 9.17) is 23.2 Å². The average Bonchev–Trinajstić information content (AvgIpc) is 2.88. The molecule has 1 aliphatic carbocycles. The highest BCUT2D eigenvalue weighted by molar-refractivity contribution is 6.40. The third-order valence-electron chi connectivity index (χ3n) is 3.40. The van der Waals surface area contributed by atoms with E-state index in [0.717, 1.165) is 25.7 Å². The molecule has 0 bridgehead atoms. The number of carbonyl (C=O) groups is 1. The summed E-state index contributed by atoms with van der Waals surface area (Å²) < 4.78 is 1.19. The van der Waals surface area contributed by atoms with E-state index in [0.29, 0.717) is 0 Å². The number of hydrogen-bond acceptors (Lipinski definition) is 3. The summed E-state index contributed by atoms with van der Waals surface area (Å²) in [7, 11) is 0. The van der Waals surface area contributed by atoms with Gasteiger partial charge in [0.2, 0.25) is 5.91 Å². The van der Waals surface area contributed by atoms with Gasteiger partial charge in [-0.05, 0) is 19.8 Å². The molecule has 1 fully saturated rings. The third kappa shape index (κ3) is 3.09. The Kier molecular flexibility index (Phi) is 4.47. The van der Waals surface area contributed by atoms with Crippen LogP contribution in [0.3, 0.4) is 0 Å². The maximum atomic E-state index is 12.1. The largest absolute Gasteiger partial charge is 0.352 e. The van der Waals surface area contributed by atoms with E-state index in [1.807, 2.05) is 0 Å². The molecule has 1 heterocycles. The first-order valence-corrected chi connectivity index (χ1v) is 6.99. The number of halogens is 2. The van der Waals surface area contributed by atoms with Crippen LogP contribution in [0.15, 0.2) is 11.1 Å². The van der Waals surface area contributed by atoms with Gasteiger partial charge in [-0.3, -0.25) is 14.2 Å². The van der Waals surface area contributed by atoms with Crippen LogP contribution in [0.2, 0.25) is 10.2 Å². The fraction of sp³-hybridized carbons (Fsp3) is 0.583. The van der Waals surface area contributed by atoms with Gasteiger partial charge in [-0.15, -0.1) is 0 Å². The Morgan fingerprint density at radius 2 is 2.11 bits per heavy atom. The fourth-order valence-electron chi connectivity index (χ4n) is 2.22. The molecule has 19 heavy (non-hydrogen) atoms. The Labute approximate surface area is 120 Å². The molecule has 1 aromatic heterocycles. The van der Waals surface area contributed by atoms with Crippen molar-refractivity contribution in [2.24, 2.45) is 0 Å². The quantitative estimate of drug-likeness (QED) is 0.870. The zero-order valence-electron chi connectivity index (χ0n) is 10.5. The zero-order valence-corrected chi connectivity index (χ0v) is 12.0. The molecule has 0 aliphatic heterocycles. The molecule has 5 nitrogen and oxygen atoms in total. The van der Waals surface area contributed by atoms with Crippen molar-refractivity contribution in [2.45, 2.75) is 44.7 Å². The summed E-state index contributed by atoms with van der Waals surface area (Å²) in [6.07, 6.45) is 5.50. The molecule has 1 amide bonds. The molecule has 2 rings (SSSR count). The van der Waals surface area contributed by atoms with E-state index in [-0.39, 0.29) is 22.1 Å². The predicted octanol–water partition coefficient (Wildman–Crippen LogP) is 2.17. The Morgan fingerprint density at radius 3 is 2.74 bits per heavy atom. The second-order valence-corrected chi connectivity index (χ2v) is 5.46. The highest BCUT2D eigenvalue weighted by Crippen LogP contribution is 2.19. The summed E-state index contributed by atoms with van der Waals surface area (Å²) in [6.45, 7) is 1.64. The van der Waals surface area contributed by atoms with Gasteiger partial charge in [0.15, 0.2) is 5.15 Å². The molecule has 7 heteroatoms. The Balaban J connectivity index is 2.14. The monoisotopic (exact) mass is 303 g/mol. The highest BCUT2D eigenvalue weighted by Gasteiger charge is 2.23. The lowest BCUT2D eigenvalue weighted by molar-refractivity contribution is -0.124. The summed E-state index contributed by atoms with van der Waals surface area (Å²) in [6, 6.07) is -0.447. The van der Waals surface area contributed by atoms with Gasteiger partial charge in [-0.2, -0.15) is 0 Å². The van der Waals surface area contributed by atoms with Crippen LogP contribution in [0.5, 0.6) is 0 Å². The summed E-state index contributed by atoms with van der Waals surface area (Å²) in [5.41, 5.74) is -0.504. The number of hydrogen-bond donors (Lipinski definition) is 1. The van der Waals surface area contributed by atoms with E-state index in [1.165, 1.54) is 10.9 Å². The molecule has 1 atom stereocenters. The van der Waals surface area contributed by atoms with E-state index < -0.39 is 11.6 Å². The SMILES string of the molecule is CC(C(=O)NC1CCCC1)n1cnc(Cl)c(Cl)c1=O. The van der Waals surface area contributed by atoms with Crippen LogP contribution in [-0.4, -0.2) is 21.5 Å². The van der Waals surface area contributed by atoms with Crippen LogP contribution in [0.25, 0.3) is 0 Å². The first kappa shape index (κ1) is 14.3. The van der Waals surface area contributed by atoms with Gasteiger partial charge in [-0.25, -0.2) is 4.98 Å². The van der Waals surface area contributed by atoms with Crippen molar-refractivity contribution in [3.05, 3.63) is 26.9 Å². The Bertz CT molecular complexity index is 538. The number of nitrogens with one attached hydrogen (secondary N) is 1. The summed E-state index contributed by atoms with van der Waals surface area (Å²) in [4.78, 5) is 27.8. The molecule has 0 aromatic carbocycles. The number of carbonyl (C=O) groups excluding carboxylic acids is 1. The van der Waals surface area contributed by atoms with E-state index in [2.05, 4.69) is 10.3 Å². The van der Waals surface area contributed by atoms with Crippen molar-refractivity contribution in [3.63, 3.8) is 0 Å². The minimum absolute atomic E-state index is 0.0497. The van der Waals surface area contributed by atoms with Crippen molar-refractivity contribution >= 4 is 29.1 Å². The topological polar surface area (TPSA) is 64.0 Å². The second kappa shape index (κ2) is 5.92. The van der Waals surface area contributed by atoms with Crippen molar-refractivity contribution in [2.75, 3.05) is 0 Å². The Hall–Kier alpha value is -1.07. The van der Waals surface area contributed by atoms with E-state index >= 15 is 0 Å². The number of rotatable bonds is 3. The third-order valence-corrected chi connectivity index (χ3v) is 4.12. The summed E-state index contributed by atoms with van der Waals surface area (Å²) in [5, 5.41) is 2.72. The molecular formula is C12H15Cl2N3O2. The van der Waals surface area contributed by atoms with E-state index in [1.54, 1.807) is 6.92 Å². The summed E-state index contributed by atoms with van der Waals surface area (Å²) >= 11 is 11.4. The molecule has 1 N–H and O–H groups in total. The predicted molar refractivity (Wildman–Crippen MR) is 73.6 cm³/mol. The average molecular weight is 304 g/mol. The minimum atomic E-state index is -0.657. The lowest BCUT2D eigenvalue weighted by Crippen LogP contribution is -2.40. The lowest BCUT2D eigenvalue weighted by atomic mass is 10.2. The van der Waals surface area contributed by atoms with Crippen molar-refractivity contribution < 1.29 is 4.79 Å². The summed E-state index contributed by atoms with van der Waals surface area (Å²) in [5.74, 6) is -0.200. The van der Waals surface area contributed by atoms with Crippen molar-refractivity contribution in [3.8, 4) is 0 Å². The van der Waals surface area contributed by atoms with Crippen LogP contribution >= 0.6 is 23.2 Å². The van der Waals surface area contributed by atoms with Crippen LogP contribution in [0.4, 0.5) is 0 Å². The van der Waals surface area contributed by atoms with Crippen LogP contribution in [0.1, 0.15) is 38.6 Å². The number of amides is 1. The smallest absolute Gasteiger partial charge is 0.274 e. The van der Waals surface area contributed by atoms with Gasteiger partial charge in [0, 0.05) is 6.04 Å². The first-order valence-electron chi connectivity index (χ1n) is 6.23. The Morgan fingerprint density at radius 1 is 1.47 bits per heavy atom. The van der Waals surface area contributed by atoms with Gasteiger partial charge < -0.3 is 5.32 Å². The molecular weight excluding hydrogens is 289 g/mol. The normalized spacial score (nSPS) is 17.4. The maximum absolute atomic E-state index is 12.1. The molecule has 1 saturated carbocycles. The number of aromatic nitrogens is 2. The first-order chi connectivity index (χ1) is 9.00. The highest BCUT2D eigenvalue weighted by atomic mass is 35.5. The van der Waals surface area contributed by atoms with Crippen molar-refractivity contribution in [1.82, 2.24) is 14.9 Å². The van der Waals surface area contributed by atoms with Crippen molar-refractivity contribution in [1.29, 1.82) is 0 Å². The molecule has 1 aliphatic rings. The van der Waals surface area contributed by atoms with Gasteiger partial charge in [0.1, 0.15) is 17.4 Å². The van der Waals surface area contributed by atoms with Crippen LogP contribution < -0.4 is 10.9 Å². The molecule has 1 aromatic rings. The van der Waals surface area contributed by atoms with Gasteiger partial charge in [0.25, 0.3) is 5.56 Å². The molecule has 0 radical (unpaired) electrons. The fourth-order valence-corrected chi connectivity index (χ4v) is 2.49. The maximum Gasteiger partial charge on any atom is 0.274 e. The number of nitrogens with zero attached hydrogens (tertiary/aromatic N) is 2. The standard InChI is InChI=1S/C12H15Cl2N3O2/c1-7(11(18)16-8-4-2-3-5-8)17-6-15-10(14)9(13)12(17)19/h6-8H,2-5H2,1H3,(H,16,18). The molecule has 104 valence electrons. The van der Waals surface area contributed by atoms with Crippen LogP contribution in [0, 0.1) is 0 Å². The minimum Gasteiger partial charge on any atom is -0.352 e. The molecule has 0 saturated heterocycles. The van der Waals surface area contributed by atoms with Gasteiger partial charge in [-0.1, -0.05) is 36.0 Å². The second-order valence-electron chi connectivity index (χ2n) is 4.73. The lowest BCUT2D eigenvalue weighted by Gasteiger charge is -2.18. The molecule has 1 unspecified atom stereocenters. The van der Waals surface area contributed by atoms with E-state index in [9.17, 15) is 9.59 Å². The van der Waals surface area contributed by atoms with Gasteiger partial charge in [0.05, 0.1) is 0 Å². The molecule has 0 spiro atoms.